The largest absolute Gasteiger partial charge is 0.286 e. The van der Waals surface area contributed by atoms with E-state index in [9.17, 15) is 21.4 Å². The van der Waals surface area contributed by atoms with Gasteiger partial charge in [-0.15, -0.1) is 16.7 Å². The molecule has 6 rings (SSSR count). The summed E-state index contributed by atoms with van der Waals surface area (Å²) in [4.78, 5) is 0.178. The maximum Gasteiger partial charge on any atom is 0.258 e. The van der Waals surface area contributed by atoms with Crippen LogP contribution in [0.15, 0.2) is 89.8 Å². The molecule has 6 aromatic rings. The molecule has 0 aliphatic heterocycles. The number of benzene rings is 6. The summed E-state index contributed by atoms with van der Waals surface area (Å²) in [5, 5.41) is 0. The average Bonchev–Trinajstić information content (AvgIpc) is 3.17. The first-order valence-corrected chi connectivity index (χ1v) is 23.4. The molecule has 9 heteroatoms. The molecule has 0 heterocycles. The van der Waals surface area contributed by atoms with Gasteiger partial charge in [0.05, 0.1) is 12.9 Å². The van der Waals surface area contributed by atoms with Gasteiger partial charge >= 0.3 is 0 Å². The first-order chi connectivity index (χ1) is 28.3. The predicted molar refractivity (Wildman–Crippen MR) is 246 cm³/mol. The van der Waals surface area contributed by atoms with Crippen LogP contribution in [0.2, 0.25) is 0 Å². The van der Waals surface area contributed by atoms with E-state index in [0.29, 0.717) is 24.0 Å². The molecule has 0 aliphatic rings. The van der Waals surface area contributed by atoms with Gasteiger partial charge in [-0.2, -0.15) is 48.5 Å². The Bertz CT molecular complexity index is 2680. The van der Waals surface area contributed by atoms with Gasteiger partial charge in [0.1, 0.15) is 0 Å². The molecule has 6 aromatic carbocycles. The summed E-state index contributed by atoms with van der Waals surface area (Å²) in [6, 6.07) is 33.9. The molecular formula is C52H58O6S2Y-2. The van der Waals surface area contributed by atoms with Gasteiger partial charge in [-0.3, -0.25) is 8.74 Å². The van der Waals surface area contributed by atoms with Crippen LogP contribution in [0.4, 0.5) is 0 Å². The number of rotatable bonds is 12. The fourth-order valence-electron chi connectivity index (χ4n) is 8.61. The Hall–Kier alpha value is -3.76. The van der Waals surface area contributed by atoms with Crippen molar-refractivity contribution in [2.24, 2.45) is 0 Å². The van der Waals surface area contributed by atoms with Crippen molar-refractivity contribution < 1.29 is 58.3 Å². The number of aryl methyl sites for hydroxylation is 8. The molecule has 0 unspecified atom stereocenters. The molecule has 319 valence electrons. The summed E-state index contributed by atoms with van der Waals surface area (Å²) in [6.07, 6.45) is 3.22. The first kappa shape index (κ1) is 49.9. The van der Waals surface area contributed by atoms with Gasteiger partial charge in [0.25, 0.3) is 10.1 Å². The van der Waals surface area contributed by atoms with Gasteiger partial charge < -0.3 is 0 Å². The van der Waals surface area contributed by atoms with E-state index in [0.717, 1.165) is 35.1 Å². The minimum absolute atomic E-state index is 0. The Kier molecular flexibility index (Phi) is 17.2. The van der Waals surface area contributed by atoms with Crippen LogP contribution in [0.25, 0.3) is 22.3 Å². The van der Waals surface area contributed by atoms with Crippen LogP contribution in [0.3, 0.4) is 0 Å². The van der Waals surface area contributed by atoms with Crippen molar-refractivity contribution in [2.75, 3.05) is 7.11 Å². The van der Waals surface area contributed by atoms with Crippen molar-refractivity contribution in [3.63, 3.8) is 0 Å². The molecule has 0 fully saturated rings. The number of hydrogen-bond acceptors (Lipinski definition) is 5. The summed E-state index contributed by atoms with van der Waals surface area (Å²) in [5.41, 5.74) is 22.1. The Balaban J connectivity index is 0.000000264. The van der Waals surface area contributed by atoms with Gasteiger partial charge in [0.2, 0.25) is 10.1 Å². The van der Waals surface area contributed by atoms with E-state index in [4.69, 9.17) is 4.18 Å². The standard InChI is InChI=1S/2C26H29O3S.Y/c1-7-24-17(2)12-22(13-18(24)3)23-14-19(4)25(20(5)15-23)16-21-10-8-9-11-26(21)30(27,28)29-6;1-6-25-17(2)11-23(12-18(25)3)24-13-19(4)26(20(5)14-24)15-21-9-7-8-10-22(21)16-30(27,28)29;/h8,10-15H,7,16H2,1-6H3;7,9-14H,6,15-16H2,1-5H3,(H,27,28,29);/q2*-1;. The first-order valence-electron chi connectivity index (χ1n) is 20.4. The van der Waals surface area contributed by atoms with Crippen LogP contribution in [-0.4, -0.2) is 28.5 Å². The van der Waals surface area contributed by atoms with E-state index >= 15 is 0 Å². The van der Waals surface area contributed by atoms with Crippen molar-refractivity contribution in [2.45, 2.75) is 106 Å². The maximum absolute atomic E-state index is 12.3. The maximum atomic E-state index is 12.3. The second kappa shape index (κ2) is 21.1. The number of hydrogen-bond donors (Lipinski definition) is 1. The summed E-state index contributed by atoms with van der Waals surface area (Å²) >= 11 is 0. The third-order valence-corrected chi connectivity index (χ3v) is 13.7. The molecule has 1 N–H and O–H groups in total. The van der Waals surface area contributed by atoms with Crippen LogP contribution in [0, 0.1) is 67.5 Å². The average molecular weight is 932 g/mol. The van der Waals surface area contributed by atoms with Crippen molar-refractivity contribution in [1.29, 1.82) is 0 Å². The van der Waals surface area contributed by atoms with Crippen LogP contribution in [0.1, 0.15) is 97.3 Å². The van der Waals surface area contributed by atoms with Gasteiger partial charge in [-0.1, -0.05) is 62.4 Å². The van der Waals surface area contributed by atoms with Gasteiger partial charge in [-0.25, -0.2) is 16.8 Å². The zero-order valence-corrected chi connectivity index (χ0v) is 42.0. The molecule has 0 aliphatic carbocycles. The van der Waals surface area contributed by atoms with Crippen molar-refractivity contribution in [3.05, 3.63) is 181 Å². The molecular weight excluding hydrogens is 874 g/mol. The summed E-state index contributed by atoms with van der Waals surface area (Å²) in [5.74, 6) is -0.391. The van der Waals surface area contributed by atoms with Crippen LogP contribution < -0.4 is 0 Å². The Morgan fingerprint density at radius 2 is 0.836 bits per heavy atom. The van der Waals surface area contributed by atoms with Crippen LogP contribution >= 0.6 is 0 Å². The van der Waals surface area contributed by atoms with Gasteiger partial charge in [-0.05, 0) is 175 Å². The molecule has 0 aromatic heterocycles. The monoisotopic (exact) mass is 931 g/mol. The zero-order chi connectivity index (χ0) is 44.1. The Morgan fingerprint density at radius 3 is 1.18 bits per heavy atom. The molecule has 61 heavy (non-hydrogen) atoms. The molecule has 6 nitrogen and oxygen atoms in total. The van der Waals surface area contributed by atoms with Crippen LogP contribution in [-0.2, 0) is 88.6 Å². The molecule has 0 saturated heterocycles. The van der Waals surface area contributed by atoms with Crippen LogP contribution in [0.5, 0.6) is 0 Å². The molecule has 0 atom stereocenters. The molecule has 0 saturated carbocycles. The van der Waals surface area contributed by atoms with E-state index in [-0.39, 0.29) is 37.6 Å². The zero-order valence-electron chi connectivity index (χ0n) is 37.5. The summed E-state index contributed by atoms with van der Waals surface area (Å²) in [7, 11) is -6.68. The minimum Gasteiger partial charge on any atom is -0.286 e. The van der Waals surface area contributed by atoms with E-state index in [1.807, 2.05) is 6.07 Å². The fourth-order valence-corrected chi connectivity index (χ4v) is 10.1. The molecule has 0 bridgehead atoms. The third kappa shape index (κ3) is 12.2. The van der Waals surface area contributed by atoms with Crippen molar-refractivity contribution in [1.82, 2.24) is 0 Å². The van der Waals surface area contributed by atoms with E-state index in [2.05, 4.69) is 130 Å². The van der Waals surface area contributed by atoms with Crippen molar-refractivity contribution in [3.8, 4) is 22.3 Å². The normalized spacial score (nSPS) is 11.5. The topological polar surface area (TPSA) is 97.7 Å². The van der Waals surface area contributed by atoms with Crippen molar-refractivity contribution >= 4 is 20.2 Å². The molecule has 0 spiro atoms. The van der Waals surface area contributed by atoms with E-state index in [1.165, 1.54) is 85.5 Å². The Labute approximate surface area is 391 Å². The van der Waals surface area contributed by atoms with Gasteiger partial charge in [0, 0.05) is 32.7 Å². The van der Waals surface area contributed by atoms with Gasteiger partial charge in [0.15, 0.2) is 0 Å². The van der Waals surface area contributed by atoms with E-state index in [1.54, 1.807) is 24.3 Å². The summed E-state index contributed by atoms with van der Waals surface area (Å²) in [6.45, 7) is 21.5. The molecule has 0 amide bonds. The quantitative estimate of drug-likeness (QED) is 0.0746. The van der Waals surface area contributed by atoms with E-state index < -0.39 is 26.0 Å². The Morgan fingerprint density at radius 1 is 0.508 bits per heavy atom. The third-order valence-electron chi connectivity index (χ3n) is 11.7. The predicted octanol–water partition coefficient (Wildman–Crippen LogP) is 11.8. The smallest absolute Gasteiger partial charge is 0.258 e. The second-order valence-corrected chi connectivity index (χ2v) is 19.1. The molecule has 1 radical (unpaired) electrons. The fraction of sp³-hybridized carbons (Fsp3) is 0.308. The SMILES string of the molecule is CCc1c(C)cc(-c2cc(C)c(Cc3cc[c-]cc3CS(=O)(=O)O)c(C)c2)cc1C.CCc1c(C)cc(-c2cc(C)c(Cc3cc[c-]cc3S(=O)(=O)OC)c(C)c2)cc1C.[Y]. The minimum atomic E-state index is -4.09. The summed E-state index contributed by atoms with van der Waals surface area (Å²) < 4.78 is 61.4. The second-order valence-electron chi connectivity index (χ2n) is 16.0.